The van der Waals surface area contributed by atoms with E-state index in [4.69, 9.17) is 11.6 Å². The van der Waals surface area contributed by atoms with Crippen molar-refractivity contribution in [2.24, 2.45) is 5.14 Å². The van der Waals surface area contributed by atoms with E-state index in [1.54, 1.807) is 0 Å². The molecule has 1 heterocycles. The Bertz CT molecular complexity index is 540. The number of pyridine rings is 1. The number of sulfonamides is 1. The average molecular weight is 259 g/mol. The van der Waals surface area contributed by atoms with Crippen LogP contribution in [0.3, 0.4) is 0 Å². The number of aromatic amines is 1. The molecule has 1 rings (SSSR count). The summed E-state index contributed by atoms with van der Waals surface area (Å²) >= 11 is 5.28. The maximum atomic E-state index is 12.2. The molecular weight excluding hydrogens is 254 g/mol. The van der Waals surface area contributed by atoms with E-state index >= 15 is 0 Å². The molecule has 0 atom stereocenters. The minimum atomic E-state index is -4.18. The van der Waals surface area contributed by atoms with Gasteiger partial charge in [0.2, 0.25) is 0 Å². The lowest BCUT2D eigenvalue weighted by Gasteiger charge is -2.04. The Balaban J connectivity index is 3.53. The van der Waals surface area contributed by atoms with Gasteiger partial charge in [0.05, 0.1) is 0 Å². The highest BCUT2D eigenvalue weighted by molar-refractivity contribution is 7.89. The lowest BCUT2D eigenvalue weighted by molar-refractivity contribution is 0.149. The Labute approximate surface area is 87.9 Å². The Kier molecular flexibility index (Phi) is 3.12. The van der Waals surface area contributed by atoms with Crippen molar-refractivity contribution in [3.63, 3.8) is 0 Å². The van der Waals surface area contributed by atoms with Crippen molar-refractivity contribution in [3.8, 4) is 0 Å². The molecule has 0 amide bonds. The van der Waals surface area contributed by atoms with Crippen LogP contribution < -0.4 is 10.6 Å². The first-order valence-electron chi connectivity index (χ1n) is 3.47. The van der Waals surface area contributed by atoms with Crippen LogP contribution in [0.15, 0.2) is 15.9 Å². The predicted molar refractivity (Wildman–Crippen MR) is 48.4 cm³/mol. The van der Waals surface area contributed by atoms with Crippen LogP contribution in [0.4, 0.5) is 8.78 Å². The average Bonchev–Trinajstić information content (AvgIpc) is 1.99. The van der Waals surface area contributed by atoms with Gasteiger partial charge in [-0.3, -0.25) is 4.79 Å². The number of rotatable bonds is 2. The lowest BCUT2D eigenvalue weighted by Crippen LogP contribution is -2.19. The fourth-order valence-corrected chi connectivity index (χ4v) is 1.72. The molecule has 0 aliphatic heterocycles. The quantitative estimate of drug-likeness (QED) is 0.761. The summed E-state index contributed by atoms with van der Waals surface area (Å²) in [6.07, 6.45) is -3.09. The molecule has 5 nitrogen and oxygen atoms in total. The van der Waals surface area contributed by atoms with E-state index in [0.717, 1.165) is 0 Å². The van der Waals surface area contributed by atoms with Gasteiger partial charge in [0.1, 0.15) is 10.7 Å². The van der Waals surface area contributed by atoms with E-state index in [9.17, 15) is 22.0 Å². The third-order valence-corrected chi connectivity index (χ3v) is 2.65. The van der Waals surface area contributed by atoms with E-state index in [2.05, 4.69) is 5.14 Å². The molecule has 3 N–H and O–H groups in total. The SMILES string of the molecule is NS(=O)(=O)c1cc(=O)c(C(F)F)c(Cl)[nH]1. The van der Waals surface area contributed by atoms with Crippen LogP contribution >= 0.6 is 11.6 Å². The van der Waals surface area contributed by atoms with Gasteiger partial charge in [-0.05, 0) is 0 Å². The summed E-state index contributed by atoms with van der Waals surface area (Å²) in [5, 5.41) is 3.24. The fourth-order valence-electron chi connectivity index (χ4n) is 0.873. The Morgan fingerprint density at radius 3 is 2.33 bits per heavy atom. The standard InChI is InChI=1S/C6H5ClF2N2O3S/c7-5-4(6(8)9)2(12)1-3(11-5)15(10,13)14/h1,6H,(H,11,12)(H2,10,13,14). The zero-order valence-electron chi connectivity index (χ0n) is 7.00. The van der Waals surface area contributed by atoms with Gasteiger partial charge in [-0.1, -0.05) is 11.6 Å². The molecule has 9 heteroatoms. The van der Waals surface area contributed by atoms with Crippen molar-refractivity contribution in [1.82, 2.24) is 4.98 Å². The molecule has 0 aliphatic carbocycles. The van der Waals surface area contributed by atoms with Gasteiger partial charge in [-0.15, -0.1) is 0 Å². The van der Waals surface area contributed by atoms with Crippen LogP contribution in [0, 0.1) is 0 Å². The van der Waals surface area contributed by atoms with Gasteiger partial charge in [-0.2, -0.15) is 0 Å². The van der Waals surface area contributed by atoms with Gasteiger partial charge in [-0.25, -0.2) is 22.3 Å². The lowest BCUT2D eigenvalue weighted by atomic mass is 10.3. The molecule has 0 fully saturated rings. The second-order valence-electron chi connectivity index (χ2n) is 2.57. The molecule has 0 saturated heterocycles. The van der Waals surface area contributed by atoms with Crippen molar-refractivity contribution >= 4 is 21.6 Å². The Morgan fingerprint density at radius 1 is 1.47 bits per heavy atom. The third kappa shape index (κ3) is 2.52. The highest BCUT2D eigenvalue weighted by Crippen LogP contribution is 2.22. The van der Waals surface area contributed by atoms with E-state index in [1.165, 1.54) is 0 Å². The normalized spacial score (nSPS) is 12.1. The van der Waals surface area contributed by atoms with Crippen LogP contribution in [-0.2, 0) is 10.0 Å². The van der Waals surface area contributed by atoms with Gasteiger partial charge in [0.25, 0.3) is 16.4 Å². The number of primary sulfonamides is 1. The number of hydrogen-bond donors (Lipinski definition) is 2. The molecule has 0 bridgehead atoms. The van der Waals surface area contributed by atoms with E-state index in [-0.39, 0.29) is 0 Å². The molecular formula is C6H5ClF2N2O3S. The summed E-state index contributed by atoms with van der Waals surface area (Å²) in [7, 11) is -4.18. The molecule has 0 saturated carbocycles. The predicted octanol–water partition coefficient (Wildman–Crippen LogP) is 0.613. The first kappa shape index (κ1) is 12.1. The fraction of sp³-hybridized carbons (Fsp3) is 0.167. The zero-order valence-corrected chi connectivity index (χ0v) is 8.57. The summed E-state index contributed by atoms with van der Waals surface area (Å²) in [6, 6.07) is 0.461. The number of halogens is 3. The van der Waals surface area contributed by atoms with E-state index in [1.807, 2.05) is 4.98 Å². The van der Waals surface area contributed by atoms with Gasteiger partial charge < -0.3 is 4.98 Å². The van der Waals surface area contributed by atoms with Crippen LogP contribution in [0.25, 0.3) is 0 Å². The number of aromatic nitrogens is 1. The minimum Gasteiger partial charge on any atom is -0.335 e. The molecule has 0 aliphatic rings. The van der Waals surface area contributed by atoms with Crippen molar-refractivity contribution in [1.29, 1.82) is 0 Å². The number of nitrogens with two attached hydrogens (primary N) is 1. The zero-order chi connectivity index (χ0) is 11.8. The van der Waals surface area contributed by atoms with Crippen LogP contribution in [0.1, 0.15) is 12.0 Å². The molecule has 0 aromatic carbocycles. The van der Waals surface area contributed by atoms with Crippen molar-refractivity contribution in [2.45, 2.75) is 11.5 Å². The van der Waals surface area contributed by atoms with Crippen molar-refractivity contribution in [2.75, 3.05) is 0 Å². The molecule has 0 unspecified atom stereocenters. The van der Waals surface area contributed by atoms with Crippen molar-refractivity contribution in [3.05, 3.63) is 27.0 Å². The third-order valence-electron chi connectivity index (χ3n) is 1.52. The highest BCUT2D eigenvalue weighted by atomic mass is 35.5. The Hall–Kier alpha value is -0.990. The van der Waals surface area contributed by atoms with E-state index < -0.39 is 37.6 Å². The maximum absolute atomic E-state index is 12.2. The minimum absolute atomic E-state index is 0.461. The van der Waals surface area contributed by atoms with Gasteiger partial charge in [0, 0.05) is 6.07 Å². The molecule has 1 aromatic rings. The van der Waals surface area contributed by atoms with E-state index in [0.29, 0.717) is 6.07 Å². The smallest absolute Gasteiger partial charge is 0.270 e. The molecule has 0 radical (unpaired) electrons. The first-order valence-corrected chi connectivity index (χ1v) is 5.39. The topological polar surface area (TPSA) is 93.0 Å². The van der Waals surface area contributed by atoms with Gasteiger partial charge in [0.15, 0.2) is 10.5 Å². The first-order chi connectivity index (χ1) is 6.73. The van der Waals surface area contributed by atoms with Crippen molar-refractivity contribution < 1.29 is 17.2 Å². The van der Waals surface area contributed by atoms with Gasteiger partial charge >= 0.3 is 0 Å². The highest BCUT2D eigenvalue weighted by Gasteiger charge is 2.20. The monoisotopic (exact) mass is 258 g/mol. The summed E-state index contributed by atoms with van der Waals surface area (Å²) < 4.78 is 46.0. The summed E-state index contributed by atoms with van der Waals surface area (Å²) in [5.74, 6) is 0. The number of alkyl halides is 2. The summed E-state index contributed by atoms with van der Waals surface area (Å²) in [4.78, 5) is 13.0. The second-order valence-corrected chi connectivity index (χ2v) is 4.48. The summed E-state index contributed by atoms with van der Waals surface area (Å²) in [5.41, 5.74) is -2.16. The van der Waals surface area contributed by atoms with Crippen LogP contribution in [-0.4, -0.2) is 13.4 Å². The molecule has 15 heavy (non-hydrogen) atoms. The Morgan fingerprint density at radius 2 is 2.00 bits per heavy atom. The molecule has 0 spiro atoms. The number of nitrogens with one attached hydrogen (secondary N) is 1. The molecule has 84 valence electrons. The van der Waals surface area contributed by atoms with Crippen LogP contribution in [0.5, 0.6) is 0 Å². The molecule has 1 aromatic heterocycles. The largest absolute Gasteiger partial charge is 0.335 e. The second kappa shape index (κ2) is 3.87. The summed E-state index contributed by atoms with van der Waals surface area (Å²) in [6.45, 7) is 0. The van der Waals surface area contributed by atoms with Crippen LogP contribution in [0.2, 0.25) is 5.15 Å². The maximum Gasteiger partial charge on any atom is 0.270 e. The number of H-pyrrole nitrogens is 1. The number of hydrogen-bond acceptors (Lipinski definition) is 3.